The van der Waals surface area contributed by atoms with Gasteiger partial charge in [-0.05, 0) is 48.5 Å². The molecule has 1 saturated carbocycles. The molecule has 2 aromatic rings. The predicted molar refractivity (Wildman–Crippen MR) is 82.6 cm³/mol. The lowest BCUT2D eigenvalue weighted by Crippen LogP contribution is -2.30. The lowest BCUT2D eigenvalue weighted by atomic mass is 10.2. The summed E-state index contributed by atoms with van der Waals surface area (Å²) in [6.45, 7) is 0. The SMILES string of the molecule is COC(=O)C1(Oc2ccc(Oc3ccc(C(F)(F)F)cc3)cc2)CC1. The van der Waals surface area contributed by atoms with Crippen LogP contribution in [0.2, 0.25) is 0 Å². The van der Waals surface area contributed by atoms with Gasteiger partial charge >= 0.3 is 12.1 Å². The van der Waals surface area contributed by atoms with E-state index in [0.29, 0.717) is 24.3 Å². The smallest absolute Gasteiger partial charge is 0.416 e. The molecule has 0 heterocycles. The van der Waals surface area contributed by atoms with Crippen LogP contribution < -0.4 is 9.47 Å². The number of hydrogen-bond donors (Lipinski definition) is 0. The van der Waals surface area contributed by atoms with Crippen LogP contribution in [0.15, 0.2) is 48.5 Å². The fourth-order valence-electron chi connectivity index (χ4n) is 2.30. The maximum Gasteiger partial charge on any atom is 0.416 e. The Hall–Kier alpha value is -2.70. The van der Waals surface area contributed by atoms with Gasteiger partial charge in [0, 0.05) is 12.8 Å². The van der Waals surface area contributed by atoms with Crippen LogP contribution >= 0.6 is 0 Å². The maximum absolute atomic E-state index is 12.5. The quantitative estimate of drug-likeness (QED) is 0.739. The summed E-state index contributed by atoms with van der Waals surface area (Å²) in [5.74, 6) is 0.810. The lowest BCUT2D eigenvalue weighted by molar-refractivity contribution is -0.151. The molecule has 0 unspecified atom stereocenters. The highest BCUT2D eigenvalue weighted by molar-refractivity contribution is 5.83. The summed E-state index contributed by atoms with van der Waals surface area (Å²) in [6, 6.07) is 10.9. The summed E-state index contributed by atoms with van der Waals surface area (Å²) < 4.78 is 53.5. The normalized spacial score (nSPS) is 15.4. The molecule has 1 aliphatic carbocycles. The van der Waals surface area contributed by atoms with Gasteiger partial charge in [-0.3, -0.25) is 0 Å². The molecule has 0 saturated heterocycles. The van der Waals surface area contributed by atoms with E-state index in [1.165, 1.54) is 19.2 Å². The summed E-state index contributed by atoms with van der Waals surface area (Å²) in [5, 5.41) is 0. The number of ether oxygens (including phenoxy) is 3. The third kappa shape index (κ3) is 3.87. The first-order valence-electron chi connectivity index (χ1n) is 7.55. The molecule has 132 valence electrons. The van der Waals surface area contributed by atoms with E-state index in [0.717, 1.165) is 12.1 Å². The number of rotatable bonds is 5. The number of carbonyl (C=O) groups is 1. The van der Waals surface area contributed by atoms with Crippen molar-refractivity contribution >= 4 is 5.97 Å². The topological polar surface area (TPSA) is 44.8 Å². The van der Waals surface area contributed by atoms with Crippen LogP contribution in [0.25, 0.3) is 0 Å². The van der Waals surface area contributed by atoms with Gasteiger partial charge in [-0.2, -0.15) is 13.2 Å². The standard InChI is InChI=1S/C18H15F3O4/c1-23-16(22)17(10-11-17)25-15-8-6-14(7-9-15)24-13-4-2-12(3-5-13)18(19,20)21/h2-9H,10-11H2,1H3. The van der Waals surface area contributed by atoms with E-state index in [1.54, 1.807) is 24.3 Å². The average molecular weight is 352 g/mol. The Balaban J connectivity index is 1.64. The molecular weight excluding hydrogens is 337 g/mol. The predicted octanol–water partition coefficient (Wildman–Crippen LogP) is 4.58. The minimum Gasteiger partial charge on any atom is -0.476 e. The number of halogens is 3. The van der Waals surface area contributed by atoms with Crippen LogP contribution in [-0.2, 0) is 15.7 Å². The Kier molecular flexibility index (Phi) is 4.32. The molecule has 3 rings (SSSR count). The molecule has 0 bridgehead atoms. The highest BCUT2D eigenvalue weighted by atomic mass is 19.4. The molecule has 0 N–H and O–H groups in total. The zero-order chi connectivity index (χ0) is 18.1. The summed E-state index contributed by atoms with van der Waals surface area (Å²) in [7, 11) is 1.31. The Labute approximate surface area is 142 Å². The molecular formula is C18H15F3O4. The molecule has 0 aromatic heterocycles. The molecule has 1 aliphatic rings. The number of esters is 1. The van der Waals surface area contributed by atoms with Crippen LogP contribution in [0.5, 0.6) is 17.2 Å². The second-order valence-electron chi connectivity index (χ2n) is 5.68. The fourth-order valence-corrected chi connectivity index (χ4v) is 2.30. The highest BCUT2D eigenvalue weighted by Gasteiger charge is 2.54. The third-order valence-corrected chi connectivity index (χ3v) is 3.82. The van der Waals surface area contributed by atoms with Gasteiger partial charge in [0.15, 0.2) is 0 Å². The minimum absolute atomic E-state index is 0.287. The number of carbonyl (C=O) groups excluding carboxylic acids is 1. The van der Waals surface area contributed by atoms with Gasteiger partial charge in [-0.25, -0.2) is 4.79 Å². The molecule has 2 aromatic carbocycles. The molecule has 0 atom stereocenters. The van der Waals surface area contributed by atoms with Crippen LogP contribution in [-0.4, -0.2) is 18.7 Å². The van der Waals surface area contributed by atoms with Gasteiger partial charge in [0.25, 0.3) is 0 Å². The van der Waals surface area contributed by atoms with E-state index in [4.69, 9.17) is 14.2 Å². The monoisotopic (exact) mass is 352 g/mol. The van der Waals surface area contributed by atoms with E-state index in [2.05, 4.69) is 0 Å². The first-order valence-corrected chi connectivity index (χ1v) is 7.55. The fraction of sp³-hybridized carbons (Fsp3) is 0.278. The van der Waals surface area contributed by atoms with E-state index in [9.17, 15) is 18.0 Å². The zero-order valence-electron chi connectivity index (χ0n) is 13.3. The average Bonchev–Trinajstić information content (AvgIpc) is 3.36. The van der Waals surface area contributed by atoms with Crippen molar-refractivity contribution in [3.05, 3.63) is 54.1 Å². The summed E-state index contributed by atoms with van der Waals surface area (Å²) in [6.07, 6.45) is -3.18. The van der Waals surface area contributed by atoms with Gasteiger partial charge in [-0.15, -0.1) is 0 Å². The molecule has 4 nitrogen and oxygen atoms in total. The van der Waals surface area contributed by atoms with Gasteiger partial charge in [0.2, 0.25) is 5.60 Å². The first kappa shape index (κ1) is 17.1. The third-order valence-electron chi connectivity index (χ3n) is 3.82. The van der Waals surface area contributed by atoms with Crippen molar-refractivity contribution in [2.45, 2.75) is 24.6 Å². The summed E-state index contributed by atoms with van der Waals surface area (Å²) in [4.78, 5) is 11.7. The lowest BCUT2D eigenvalue weighted by Gasteiger charge is -2.15. The Bertz CT molecular complexity index is 747. The van der Waals surface area contributed by atoms with Crippen LogP contribution in [0.4, 0.5) is 13.2 Å². The Morgan fingerprint density at radius 3 is 1.84 bits per heavy atom. The molecule has 0 radical (unpaired) electrons. The highest BCUT2D eigenvalue weighted by Crippen LogP contribution is 2.41. The van der Waals surface area contributed by atoms with Crippen molar-refractivity contribution in [1.82, 2.24) is 0 Å². The number of alkyl halides is 3. The second-order valence-corrected chi connectivity index (χ2v) is 5.68. The zero-order valence-corrected chi connectivity index (χ0v) is 13.3. The molecule has 7 heteroatoms. The van der Waals surface area contributed by atoms with Crippen molar-refractivity contribution in [3.8, 4) is 17.2 Å². The van der Waals surface area contributed by atoms with Crippen LogP contribution in [0.3, 0.4) is 0 Å². The number of benzene rings is 2. The Morgan fingerprint density at radius 2 is 1.40 bits per heavy atom. The number of methoxy groups -OCH3 is 1. The molecule has 0 amide bonds. The van der Waals surface area contributed by atoms with Crippen LogP contribution in [0.1, 0.15) is 18.4 Å². The van der Waals surface area contributed by atoms with Gasteiger partial charge in [0.05, 0.1) is 12.7 Å². The van der Waals surface area contributed by atoms with E-state index < -0.39 is 23.3 Å². The molecule has 25 heavy (non-hydrogen) atoms. The van der Waals surface area contributed by atoms with E-state index in [1.807, 2.05) is 0 Å². The molecule has 1 fully saturated rings. The van der Waals surface area contributed by atoms with Gasteiger partial charge in [-0.1, -0.05) is 0 Å². The van der Waals surface area contributed by atoms with Gasteiger partial charge < -0.3 is 14.2 Å². The van der Waals surface area contributed by atoms with Crippen molar-refractivity contribution < 1.29 is 32.2 Å². The van der Waals surface area contributed by atoms with Crippen LogP contribution in [0, 0.1) is 0 Å². The van der Waals surface area contributed by atoms with Crippen molar-refractivity contribution in [3.63, 3.8) is 0 Å². The van der Waals surface area contributed by atoms with Crippen molar-refractivity contribution in [2.75, 3.05) is 7.11 Å². The molecule has 0 aliphatic heterocycles. The Morgan fingerprint density at radius 1 is 0.920 bits per heavy atom. The molecule has 0 spiro atoms. The first-order chi connectivity index (χ1) is 11.8. The summed E-state index contributed by atoms with van der Waals surface area (Å²) >= 11 is 0. The van der Waals surface area contributed by atoms with Gasteiger partial charge in [0.1, 0.15) is 17.2 Å². The van der Waals surface area contributed by atoms with E-state index >= 15 is 0 Å². The van der Waals surface area contributed by atoms with Crippen molar-refractivity contribution in [1.29, 1.82) is 0 Å². The maximum atomic E-state index is 12.5. The summed E-state index contributed by atoms with van der Waals surface area (Å²) in [5.41, 5.74) is -1.63. The largest absolute Gasteiger partial charge is 0.476 e. The minimum atomic E-state index is -4.38. The second kappa shape index (κ2) is 6.31. The number of hydrogen-bond acceptors (Lipinski definition) is 4. The van der Waals surface area contributed by atoms with Crippen molar-refractivity contribution in [2.24, 2.45) is 0 Å². The van der Waals surface area contributed by atoms with E-state index in [-0.39, 0.29) is 5.75 Å².